The van der Waals surface area contributed by atoms with E-state index in [4.69, 9.17) is 0 Å². The number of nitrogens with zero attached hydrogens (tertiary/aromatic N) is 3. The lowest BCUT2D eigenvalue weighted by atomic mass is 10.2. The van der Waals surface area contributed by atoms with Gasteiger partial charge in [-0.2, -0.15) is 0 Å². The predicted molar refractivity (Wildman–Crippen MR) is 79.9 cm³/mol. The molecule has 0 atom stereocenters. The van der Waals surface area contributed by atoms with Crippen LogP contribution < -0.4 is 15.1 Å². The molecule has 0 aliphatic carbocycles. The molecule has 0 radical (unpaired) electrons. The molecule has 1 aromatic carbocycles. The van der Waals surface area contributed by atoms with E-state index in [-0.39, 0.29) is 0 Å². The highest BCUT2D eigenvalue weighted by molar-refractivity contribution is 5.88. The third-order valence-electron chi connectivity index (χ3n) is 3.40. The second-order valence-electron chi connectivity index (χ2n) is 4.48. The molecule has 0 bridgehead atoms. The molecule has 0 spiro atoms. The molecule has 19 heavy (non-hydrogen) atoms. The van der Waals surface area contributed by atoms with E-state index in [1.165, 1.54) is 0 Å². The monoisotopic (exact) mass is 252 g/mol. The molecule has 3 rings (SSSR count). The summed E-state index contributed by atoms with van der Waals surface area (Å²) in [5.41, 5.74) is 4.28. The molecule has 1 aliphatic heterocycles. The Kier molecular flexibility index (Phi) is 2.63. The zero-order valence-electron chi connectivity index (χ0n) is 11.1. The molecule has 1 N–H and O–H groups in total. The molecule has 2 heterocycles. The number of rotatable bonds is 2. The second-order valence-corrected chi connectivity index (χ2v) is 4.48. The van der Waals surface area contributed by atoms with E-state index in [2.05, 4.69) is 44.9 Å². The number of pyridine rings is 1. The minimum absolute atomic E-state index is 0.927. The van der Waals surface area contributed by atoms with E-state index in [1.54, 1.807) is 6.20 Å². The summed E-state index contributed by atoms with van der Waals surface area (Å²) in [6.07, 6.45) is 3.65. The van der Waals surface area contributed by atoms with Crippen molar-refractivity contribution in [3.05, 3.63) is 55.1 Å². The molecule has 1 aliphatic rings. The molecule has 0 unspecified atom stereocenters. The van der Waals surface area contributed by atoms with Crippen molar-refractivity contribution in [1.29, 1.82) is 0 Å². The standard InChI is InChI=1S/C15H16N4/c1-11-18(3)14-6-4-5-7-15(14)19(11)13-8-12(16-2)9-17-10-13/h4-10,16H,1H2,2-3H3. The van der Waals surface area contributed by atoms with Crippen LogP contribution in [0.5, 0.6) is 0 Å². The van der Waals surface area contributed by atoms with Crippen LogP contribution in [0, 0.1) is 0 Å². The lowest BCUT2D eigenvalue weighted by Gasteiger charge is -2.21. The number of hydrogen-bond acceptors (Lipinski definition) is 4. The Hall–Kier alpha value is -2.49. The normalized spacial score (nSPS) is 13.7. The van der Waals surface area contributed by atoms with Crippen molar-refractivity contribution in [1.82, 2.24) is 4.98 Å². The van der Waals surface area contributed by atoms with E-state index in [9.17, 15) is 0 Å². The van der Waals surface area contributed by atoms with Gasteiger partial charge in [-0.1, -0.05) is 18.7 Å². The first kappa shape index (κ1) is 11.6. The number of fused-ring (bicyclic) bond motifs is 1. The van der Waals surface area contributed by atoms with Gasteiger partial charge in [0.25, 0.3) is 0 Å². The van der Waals surface area contributed by atoms with Crippen molar-refractivity contribution < 1.29 is 0 Å². The maximum absolute atomic E-state index is 4.27. The zero-order valence-corrected chi connectivity index (χ0v) is 11.1. The fraction of sp³-hybridized carbons (Fsp3) is 0.133. The quantitative estimate of drug-likeness (QED) is 0.889. The van der Waals surface area contributed by atoms with Gasteiger partial charge >= 0.3 is 0 Å². The zero-order chi connectivity index (χ0) is 13.4. The van der Waals surface area contributed by atoms with Crippen molar-refractivity contribution in [3.63, 3.8) is 0 Å². The van der Waals surface area contributed by atoms with Crippen LogP contribution in [0.2, 0.25) is 0 Å². The highest BCUT2D eigenvalue weighted by Gasteiger charge is 2.28. The summed E-state index contributed by atoms with van der Waals surface area (Å²) in [5.74, 6) is 0.927. The molecule has 1 aromatic heterocycles. The van der Waals surface area contributed by atoms with Gasteiger partial charge in [0.05, 0.1) is 35.1 Å². The van der Waals surface area contributed by atoms with Gasteiger partial charge in [-0.25, -0.2) is 0 Å². The lowest BCUT2D eigenvalue weighted by molar-refractivity contribution is 1.09. The van der Waals surface area contributed by atoms with Crippen LogP contribution in [0.25, 0.3) is 0 Å². The molecule has 0 saturated heterocycles. The SMILES string of the molecule is C=C1N(C)c2ccccc2N1c1cncc(NC)c1. The first-order chi connectivity index (χ1) is 9.22. The van der Waals surface area contributed by atoms with E-state index in [0.29, 0.717) is 0 Å². The van der Waals surface area contributed by atoms with Gasteiger partial charge in [-0.15, -0.1) is 0 Å². The number of aromatic nitrogens is 1. The Balaban J connectivity index is 2.12. The Morgan fingerprint density at radius 3 is 2.63 bits per heavy atom. The summed E-state index contributed by atoms with van der Waals surface area (Å²) in [6, 6.07) is 10.3. The maximum Gasteiger partial charge on any atom is 0.110 e. The third kappa shape index (κ3) is 1.73. The number of para-hydroxylation sites is 2. The summed E-state index contributed by atoms with van der Waals surface area (Å²) >= 11 is 0. The number of benzene rings is 1. The van der Waals surface area contributed by atoms with E-state index >= 15 is 0 Å². The van der Waals surface area contributed by atoms with Crippen LogP contribution >= 0.6 is 0 Å². The lowest BCUT2D eigenvalue weighted by Crippen LogP contribution is -2.20. The fourth-order valence-electron chi connectivity index (χ4n) is 2.34. The average molecular weight is 252 g/mol. The molecule has 0 saturated carbocycles. The van der Waals surface area contributed by atoms with Crippen LogP contribution in [0.4, 0.5) is 22.7 Å². The van der Waals surface area contributed by atoms with Crippen molar-refractivity contribution in [2.75, 3.05) is 29.2 Å². The fourth-order valence-corrected chi connectivity index (χ4v) is 2.34. The Morgan fingerprint density at radius 2 is 1.89 bits per heavy atom. The molecular weight excluding hydrogens is 236 g/mol. The summed E-state index contributed by atoms with van der Waals surface area (Å²) < 4.78 is 0. The number of nitrogens with one attached hydrogen (secondary N) is 1. The summed E-state index contributed by atoms with van der Waals surface area (Å²) in [4.78, 5) is 8.47. The summed E-state index contributed by atoms with van der Waals surface area (Å²) in [6.45, 7) is 4.17. The molecule has 4 heteroatoms. The number of hydrogen-bond donors (Lipinski definition) is 1. The Labute approximate surface area is 113 Å². The van der Waals surface area contributed by atoms with E-state index in [0.717, 1.165) is 28.6 Å². The maximum atomic E-state index is 4.27. The highest BCUT2D eigenvalue weighted by Crippen LogP contribution is 2.44. The van der Waals surface area contributed by atoms with E-state index < -0.39 is 0 Å². The van der Waals surface area contributed by atoms with Crippen LogP contribution in [0.15, 0.2) is 55.1 Å². The Morgan fingerprint density at radius 1 is 1.16 bits per heavy atom. The first-order valence-electron chi connectivity index (χ1n) is 6.17. The van der Waals surface area contributed by atoms with Crippen molar-refractivity contribution in [2.24, 2.45) is 0 Å². The highest BCUT2D eigenvalue weighted by atomic mass is 15.4. The van der Waals surface area contributed by atoms with Gasteiger partial charge in [-0.05, 0) is 18.2 Å². The van der Waals surface area contributed by atoms with E-state index in [1.807, 2.05) is 32.4 Å². The third-order valence-corrected chi connectivity index (χ3v) is 3.40. The summed E-state index contributed by atoms with van der Waals surface area (Å²) in [5, 5.41) is 3.11. The predicted octanol–water partition coefficient (Wildman–Crippen LogP) is 3.18. The molecular formula is C15H16N4. The minimum atomic E-state index is 0.927. The van der Waals surface area contributed by atoms with Crippen LogP contribution in [-0.2, 0) is 0 Å². The number of anilines is 4. The van der Waals surface area contributed by atoms with Gasteiger partial charge < -0.3 is 10.2 Å². The van der Waals surface area contributed by atoms with Crippen molar-refractivity contribution >= 4 is 22.7 Å². The molecule has 96 valence electrons. The minimum Gasteiger partial charge on any atom is -0.387 e. The van der Waals surface area contributed by atoms with Crippen LogP contribution in [-0.4, -0.2) is 19.1 Å². The molecule has 0 amide bonds. The van der Waals surface area contributed by atoms with Crippen molar-refractivity contribution in [2.45, 2.75) is 0 Å². The van der Waals surface area contributed by atoms with Crippen LogP contribution in [0.3, 0.4) is 0 Å². The smallest absolute Gasteiger partial charge is 0.110 e. The van der Waals surface area contributed by atoms with Gasteiger partial charge in [0.2, 0.25) is 0 Å². The topological polar surface area (TPSA) is 31.4 Å². The van der Waals surface area contributed by atoms with Gasteiger partial charge in [0.15, 0.2) is 0 Å². The molecule has 0 fully saturated rings. The Bertz CT molecular complexity index is 636. The second kappa shape index (κ2) is 4.31. The summed E-state index contributed by atoms with van der Waals surface area (Å²) in [7, 11) is 3.91. The average Bonchev–Trinajstić information content (AvgIpc) is 2.72. The van der Waals surface area contributed by atoms with Crippen molar-refractivity contribution in [3.8, 4) is 0 Å². The molecule has 2 aromatic rings. The first-order valence-corrected chi connectivity index (χ1v) is 6.17. The van der Waals surface area contributed by atoms with Gasteiger partial charge in [0, 0.05) is 14.1 Å². The van der Waals surface area contributed by atoms with Gasteiger partial charge in [0.1, 0.15) is 5.82 Å². The van der Waals surface area contributed by atoms with Crippen LogP contribution in [0.1, 0.15) is 0 Å². The largest absolute Gasteiger partial charge is 0.387 e. The molecule has 4 nitrogen and oxygen atoms in total. The van der Waals surface area contributed by atoms with Gasteiger partial charge in [-0.3, -0.25) is 9.88 Å².